The van der Waals surface area contributed by atoms with Crippen LogP contribution in [0.2, 0.25) is 0 Å². The van der Waals surface area contributed by atoms with Crippen LogP contribution in [-0.4, -0.2) is 0 Å². The van der Waals surface area contributed by atoms with Crippen molar-refractivity contribution < 1.29 is 0 Å². The largest absolute Gasteiger partial charge is 0.0622 e. The van der Waals surface area contributed by atoms with Crippen molar-refractivity contribution >= 4 is 64.6 Å². The minimum atomic E-state index is 1.21. The molecule has 12 aromatic rings. The Bertz CT molecular complexity index is 3470. The van der Waals surface area contributed by atoms with Crippen LogP contribution in [0.5, 0.6) is 0 Å². The molecule has 0 saturated heterocycles. The topological polar surface area (TPSA) is 0 Å². The Kier molecular flexibility index (Phi) is 7.33. The predicted octanol–water partition coefficient (Wildman–Crippen LogP) is 16.4. The van der Waals surface area contributed by atoms with E-state index in [4.69, 9.17) is 0 Å². The third-order valence-electron chi connectivity index (χ3n) is 12.4. The lowest BCUT2D eigenvalue weighted by molar-refractivity contribution is 1.58. The molecule has 268 valence electrons. The molecular weight excluding hydrogens is 697 g/mol. The molecule has 0 aliphatic heterocycles. The fraction of sp³-hybridized carbons (Fsp3) is 0. The molecule has 58 heavy (non-hydrogen) atoms. The van der Waals surface area contributed by atoms with Crippen molar-refractivity contribution in [2.45, 2.75) is 0 Å². The minimum Gasteiger partial charge on any atom is -0.0622 e. The second-order valence-electron chi connectivity index (χ2n) is 15.4. The minimum absolute atomic E-state index is 1.21. The van der Waals surface area contributed by atoms with Gasteiger partial charge < -0.3 is 0 Å². The van der Waals surface area contributed by atoms with Gasteiger partial charge in [0.15, 0.2) is 0 Å². The number of hydrogen-bond acceptors (Lipinski definition) is 0. The lowest BCUT2D eigenvalue weighted by atomic mass is 9.78. The fourth-order valence-electron chi connectivity index (χ4n) is 10.1. The molecule has 0 radical (unpaired) electrons. The van der Waals surface area contributed by atoms with Gasteiger partial charge in [0, 0.05) is 0 Å². The zero-order chi connectivity index (χ0) is 38.2. The maximum absolute atomic E-state index is 2.37. The summed E-state index contributed by atoms with van der Waals surface area (Å²) in [7, 11) is 0. The van der Waals surface area contributed by atoms with Crippen molar-refractivity contribution in [3.63, 3.8) is 0 Å². The van der Waals surface area contributed by atoms with Crippen LogP contribution in [0.15, 0.2) is 218 Å². The van der Waals surface area contributed by atoms with Gasteiger partial charge in [0.2, 0.25) is 0 Å². The van der Waals surface area contributed by atoms with Gasteiger partial charge in [0.05, 0.1) is 0 Å². The highest BCUT2D eigenvalue weighted by Crippen LogP contribution is 2.54. The van der Waals surface area contributed by atoms with Crippen molar-refractivity contribution in [2.24, 2.45) is 0 Å². The molecule has 0 amide bonds. The Hall–Kier alpha value is -7.54. The Balaban J connectivity index is 1.30. The van der Waals surface area contributed by atoms with E-state index in [2.05, 4.69) is 218 Å². The zero-order valence-electron chi connectivity index (χ0n) is 31.8. The Labute approximate surface area is 337 Å². The van der Waals surface area contributed by atoms with E-state index in [1.807, 2.05) is 0 Å². The predicted molar refractivity (Wildman–Crippen MR) is 250 cm³/mol. The fourth-order valence-corrected chi connectivity index (χ4v) is 10.1. The van der Waals surface area contributed by atoms with Crippen LogP contribution >= 0.6 is 0 Å². The Morgan fingerprint density at radius 3 is 0.983 bits per heavy atom. The lowest BCUT2D eigenvalue weighted by Gasteiger charge is -2.25. The van der Waals surface area contributed by atoms with Gasteiger partial charge in [0.25, 0.3) is 0 Å². The van der Waals surface area contributed by atoms with Crippen LogP contribution in [0, 0.1) is 0 Å². The van der Waals surface area contributed by atoms with Crippen molar-refractivity contribution in [3.8, 4) is 55.6 Å². The maximum atomic E-state index is 2.37. The molecule has 12 rings (SSSR count). The van der Waals surface area contributed by atoms with E-state index in [1.54, 1.807) is 0 Å². The highest BCUT2D eigenvalue weighted by atomic mass is 14.3. The Morgan fingerprint density at radius 2 is 0.466 bits per heavy atom. The number of rotatable bonds is 5. The zero-order valence-corrected chi connectivity index (χ0v) is 31.8. The van der Waals surface area contributed by atoms with Gasteiger partial charge in [-0.25, -0.2) is 0 Å². The first-order chi connectivity index (χ1) is 28.8. The molecule has 0 heterocycles. The van der Waals surface area contributed by atoms with Crippen LogP contribution in [0.3, 0.4) is 0 Å². The maximum Gasteiger partial charge on any atom is -0.000740 e. The van der Waals surface area contributed by atoms with E-state index in [-0.39, 0.29) is 0 Å². The molecular formula is C58H36. The first-order valence-corrected chi connectivity index (χ1v) is 20.2. The summed E-state index contributed by atoms with van der Waals surface area (Å²) in [5, 5.41) is 15.5. The third kappa shape index (κ3) is 4.76. The van der Waals surface area contributed by atoms with Crippen molar-refractivity contribution in [2.75, 3.05) is 0 Å². The molecule has 0 saturated carbocycles. The second-order valence-corrected chi connectivity index (χ2v) is 15.4. The molecule has 0 atom stereocenters. The van der Waals surface area contributed by atoms with Crippen molar-refractivity contribution in [1.82, 2.24) is 0 Å². The standard InChI is InChI=1S/C58H36/c1-4-19-37(20-5-1)40-25-10-11-26-43(40)52-44-27-12-14-29-48(44)57-55-46(33-17-35-50(52)55)47-34-18-36-51-54(45-28-13-15-30-49(45)58(57)56(47)51)53-41(38-21-6-2-7-22-38)31-16-32-42(53)39-23-8-3-9-24-39/h1-36H. The molecule has 0 heteroatoms. The molecule has 0 spiro atoms. The summed E-state index contributed by atoms with van der Waals surface area (Å²) in [5.41, 5.74) is 12.4. The Morgan fingerprint density at radius 1 is 0.155 bits per heavy atom. The number of fused-ring (bicyclic) bond motifs is 6. The van der Waals surface area contributed by atoms with Gasteiger partial charge in [-0.2, -0.15) is 0 Å². The molecule has 0 N–H and O–H groups in total. The van der Waals surface area contributed by atoms with Gasteiger partial charge in [-0.1, -0.05) is 218 Å². The summed E-state index contributed by atoms with van der Waals surface area (Å²) >= 11 is 0. The van der Waals surface area contributed by atoms with Crippen molar-refractivity contribution in [3.05, 3.63) is 218 Å². The van der Waals surface area contributed by atoms with Gasteiger partial charge in [0.1, 0.15) is 0 Å². The summed E-state index contributed by atoms with van der Waals surface area (Å²) in [6.07, 6.45) is 0. The summed E-state index contributed by atoms with van der Waals surface area (Å²) in [4.78, 5) is 0. The van der Waals surface area contributed by atoms with Crippen LogP contribution in [0.1, 0.15) is 0 Å². The van der Waals surface area contributed by atoms with E-state index in [0.29, 0.717) is 0 Å². The van der Waals surface area contributed by atoms with E-state index < -0.39 is 0 Å². The second kappa shape index (κ2) is 13.0. The van der Waals surface area contributed by atoms with Crippen LogP contribution in [0.25, 0.3) is 120 Å². The van der Waals surface area contributed by atoms with E-state index in [9.17, 15) is 0 Å². The first-order valence-electron chi connectivity index (χ1n) is 20.2. The molecule has 0 nitrogen and oxygen atoms in total. The molecule has 12 aromatic carbocycles. The highest BCUT2D eigenvalue weighted by Gasteiger charge is 2.26. The quantitative estimate of drug-likeness (QED) is 0.122. The van der Waals surface area contributed by atoms with E-state index in [1.165, 1.54) is 120 Å². The summed E-state index contributed by atoms with van der Waals surface area (Å²) in [6.45, 7) is 0. The molecule has 0 bridgehead atoms. The van der Waals surface area contributed by atoms with Crippen molar-refractivity contribution in [1.29, 1.82) is 0 Å². The van der Waals surface area contributed by atoms with Gasteiger partial charge in [-0.3, -0.25) is 0 Å². The average molecular weight is 733 g/mol. The molecule has 0 aliphatic carbocycles. The number of benzene rings is 12. The van der Waals surface area contributed by atoms with Crippen LogP contribution in [-0.2, 0) is 0 Å². The lowest BCUT2D eigenvalue weighted by Crippen LogP contribution is -1.97. The summed E-state index contributed by atoms with van der Waals surface area (Å²) < 4.78 is 0. The highest BCUT2D eigenvalue weighted by molar-refractivity contribution is 6.46. The average Bonchev–Trinajstić information content (AvgIpc) is 3.30. The SMILES string of the molecule is c1ccc(-c2ccccc2-c2c3ccccc3c3c4c2cccc4c2cccc4c(-c5c(-c6ccccc6)cccc5-c5ccccc5)c5ccccc5c3c42)cc1. The molecule has 0 aromatic heterocycles. The third-order valence-corrected chi connectivity index (χ3v) is 12.4. The molecule has 0 aliphatic rings. The van der Waals surface area contributed by atoms with Gasteiger partial charge in [-0.05, 0) is 120 Å². The van der Waals surface area contributed by atoms with Gasteiger partial charge >= 0.3 is 0 Å². The normalized spacial score (nSPS) is 11.8. The van der Waals surface area contributed by atoms with Gasteiger partial charge in [-0.15, -0.1) is 0 Å². The molecule has 0 unspecified atom stereocenters. The first kappa shape index (κ1) is 32.7. The number of hydrogen-bond donors (Lipinski definition) is 0. The van der Waals surface area contributed by atoms with E-state index >= 15 is 0 Å². The summed E-state index contributed by atoms with van der Waals surface area (Å²) in [6, 6.07) is 80.7. The monoisotopic (exact) mass is 732 g/mol. The van der Waals surface area contributed by atoms with Crippen LogP contribution in [0.4, 0.5) is 0 Å². The van der Waals surface area contributed by atoms with E-state index in [0.717, 1.165) is 0 Å². The van der Waals surface area contributed by atoms with Crippen LogP contribution < -0.4 is 0 Å². The molecule has 0 fully saturated rings. The smallest absolute Gasteiger partial charge is 0.000740 e. The summed E-state index contributed by atoms with van der Waals surface area (Å²) in [5.74, 6) is 0.